The number of fused-ring (bicyclic) bond motifs is 1. The first kappa shape index (κ1) is 15.1. The van der Waals surface area contributed by atoms with Crippen LogP contribution >= 0.6 is 0 Å². The molecule has 2 aromatic rings. The van der Waals surface area contributed by atoms with Crippen LogP contribution in [0.3, 0.4) is 0 Å². The maximum absolute atomic E-state index is 12.8. The molecule has 2 atom stereocenters. The van der Waals surface area contributed by atoms with Gasteiger partial charge in [-0.25, -0.2) is 0 Å². The van der Waals surface area contributed by atoms with E-state index in [1.807, 2.05) is 29.2 Å². The Morgan fingerprint density at radius 1 is 1.16 bits per heavy atom. The van der Waals surface area contributed by atoms with Crippen molar-refractivity contribution in [2.75, 3.05) is 26.7 Å². The first-order chi connectivity index (χ1) is 12.2. The third-order valence-electron chi connectivity index (χ3n) is 5.87. The lowest BCUT2D eigenvalue weighted by Crippen LogP contribution is -2.35. The maximum Gasteiger partial charge on any atom is 0.253 e. The zero-order chi connectivity index (χ0) is 17.0. The summed E-state index contributed by atoms with van der Waals surface area (Å²) in [4.78, 5) is 21.6. The summed E-state index contributed by atoms with van der Waals surface area (Å²) < 4.78 is 5.31. The molecule has 2 saturated heterocycles. The molecular formula is C19H22N4O2. The molecule has 2 aliphatic heterocycles. The number of carbonyl (C=O) groups excluding carboxylic acids is 1. The monoisotopic (exact) mass is 338 g/mol. The molecule has 0 N–H and O–H groups in total. The van der Waals surface area contributed by atoms with E-state index in [9.17, 15) is 4.79 Å². The highest BCUT2D eigenvalue weighted by Gasteiger charge is 2.41. The van der Waals surface area contributed by atoms with Gasteiger partial charge in [0.05, 0.1) is 0 Å². The number of likely N-dealkylation sites (tertiary alicyclic amines) is 2. The number of rotatable bonds is 3. The molecule has 5 rings (SSSR count). The summed E-state index contributed by atoms with van der Waals surface area (Å²) in [6.45, 7) is 2.88. The fourth-order valence-corrected chi connectivity index (χ4v) is 4.13. The van der Waals surface area contributed by atoms with Crippen molar-refractivity contribution < 1.29 is 9.32 Å². The maximum atomic E-state index is 12.8. The average Bonchev–Trinajstić information content (AvgIpc) is 3.07. The standard InChI is InChI=1S/C19H22N4O2/c1-22-9-8-15-10-23(11-16(15)22)19(24)14-6-2-12(3-7-14)17-20-18(25-21-17)13-4-5-13/h2-3,6-7,13,15-16H,4-5,8-11H2,1H3/t15-,16+/m1/s1. The highest BCUT2D eigenvalue weighted by Crippen LogP contribution is 2.39. The molecule has 25 heavy (non-hydrogen) atoms. The normalized spacial score (nSPS) is 26.2. The fourth-order valence-electron chi connectivity index (χ4n) is 4.13. The van der Waals surface area contributed by atoms with Crippen LogP contribution in [0.15, 0.2) is 28.8 Å². The molecule has 3 aliphatic rings. The molecule has 1 saturated carbocycles. The van der Waals surface area contributed by atoms with Crippen LogP contribution in [-0.2, 0) is 0 Å². The SMILES string of the molecule is CN1CC[C@@H]2CN(C(=O)c3ccc(-c4noc(C5CC5)n4)cc3)C[C@@H]21. The second-order valence-corrected chi connectivity index (χ2v) is 7.61. The molecule has 6 nitrogen and oxygen atoms in total. The van der Waals surface area contributed by atoms with Gasteiger partial charge in [-0.15, -0.1) is 0 Å². The number of hydrogen-bond donors (Lipinski definition) is 0. The van der Waals surface area contributed by atoms with Crippen molar-refractivity contribution in [3.8, 4) is 11.4 Å². The smallest absolute Gasteiger partial charge is 0.253 e. The van der Waals surface area contributed by atoms with Gasteiger partial charge in [0.25, 0.3) is 5.91 Å². The molecule has 1 aromatic carbocycles. The van der Waals surface area contributed by atoms with E-state index < -0.39 is 0 Å². The third kappa shape index (κ3) is 2.65. The Hall–Kier alpha value is -2.21. The minimum absolute atomic E-state index is 0.126. The molecule has 1 aromatic heterocycles. The summed E-state index contributed by atoms with van der Waals surface area (Å²) in [5.74, 6) is 2.56. The zero-order valence-electron chi connectivity index (χ0n) is 14.4. The van der Waals surface area contributed by atoms with Crippen molar-refractivity contribution in [2.24, 2.45) is 5.92 Å². The molecule has 1 amide bonds. The van der Waals surface area contributed by atoms with E-state index in [-0.39, 0.29) is 5.91 Å². The van der Waals surface area contributed by atoms with E-state index >= 15 is 0 Å². The Bertz CT molecular complexity index is 796. The minimum atomic E-state index is 0.126. The van der Waals surface area contributed by atoms with Crippen molar-refractivity contribution in [1.82, 2.24) is 19.9 Å². The van der Waals surface area contributed by atoms with Crippen LogP contribution in [0.25, 0.3) is 11.4 Å². The van der Waals surface area contributed by atoms with Crippen LogP contribution in [0, 0.1) is 5.92 Å². The summed E-state index contributed by atoms with van der Waals surface area (Å²) in [7, 11) is 2.16. The highest BCUT2D eigenvalue weighted by atomic mass is 16.5. The topological polar surface area (TPSA) is 62.5 Å². The average molecular weight is 338 g/mol. The number of nitrogens with zero attached hydrogens (tertiary/aromatic N) is 4. The Morgan fingerprint density at radius 3 is 2.68 bits per heavy atom. The van der Waals surface area contributed by atoms with Crippen LogP contribution in [0.2, 0.25) is 0 Å². The van der Waals surface area contributed by atoms with Gasteiger partial charge in [0.15, 0.2) is 0 Å². The largest absolute Gasteiger partial charge is 0.339 e. The van der Waals surface area contributed by atoms with Gasteiger partial charge in [-0.1, -0.05) is 17.3 Å². The number of likely N-dealkylation sites (N-methyl/N-ethyl adjacent to an activating group) is 1. The van der Waals surface area contributed by atoms with Gasteiger partial charge in [0, 0.05) is 36.2 Å². The van der Waals surface area contributed by atoms with Gasteiger partial charge in [-0.3, -0.25) is 4.79 Å². The molecule has 3 heterocycles. The van der Waals surface area contributed by atoms with E-state index in [0.29, 0.717) is 23.7 Å². The highest BCUT2D eigenvalue weighted by molar-refractivity contribution is 5.94. The predicted molar refractivity (Wildman–Crippen MR) is 92.1 cm³/mol. The molecule has 0 unspecified atom stereocenters. The number of hydrogen-bond acceptors (Lipinski definition) is 5. The van der Waals surface area contributed by atoms with Gasteiger partial charge < -0.3 is 14.3 Å². The first-order valence-electron chi connectivity index (χ1n) is 9.12. The van der Waals surface area contributed by atoms with Crippen molar-refractivity contribution >= 4 is 5.91 Å². The van der Waals surface area contributed by atoms with Crippen molar-refractivity contribution in [3.05, 3.63) is 35.7 Å². The molecular weight excluding hydrogens is 316 g/mol. The Balaban J connectivity index is 1.30. The number of benzene rings is 1. The van der Waals surface area contributed by atoms with Crippen LogP contribution in [-0.4, -0.2) is 58.6 Å². The first-order valence-corrected chi connectivity index (χ1v) is 9.12. The second kappa shape index (κ2) is 5.66. The number of amides is 1. The van der Waals surface area contributed by atoms with E-state index in [0.717, 1.165) is 49.5 Å². The van der Waals surface area contributed by atoms with Crippen LogP contribution in [0.4, 0.5) is 0 Å². The van der Waals surface area contributed by atoms with Crippen molar-refractivity contribution in [3.63, 3.8) is 0 Å². The molecule has 1 aliphatic carbocycles. The van der Waals surface area contributed by atoms with Gasteiger partial charge >= 0.3 is 0 Å². The van der Waals surface area contributed by atoms with Gasteiger partial charge in [0.2, 0.25) is 11.7 Å². The summed E-state index contributed by atoms with van der Waals surface area (Å²) >= 11 is 0. The lowest BCUT2D eigenvalue weighted by atomic mass is 10.1. The second-order valence-electron chi connectivity index (χ2n) is 7.61. The number of aromatic nitrogens is 2. The van der Waals surface area contributed by atoms with E-state index in [1.165, 1.54) is 6.42 Å². The molecule has 0 radical (unpaired) electrons. The fraction of sp³-hybridized carbons (Fsp3) is 0.526. The van der Waals surface area contributed by atoms with Crippen LogP contribution in [0.5, 0.6) is 0 Å². The quantitative estimate of drug-likeness (QED) is 0.860. The van der Waals surface area contributed by atoms with Crippen LogP contribution < -0.4 is 0 Å². The van der Waals surface area contributed by atoms with Crippen molar-refractivity contribution in [1.29, 1.82) is 0 Å². The Kier molecular flexibility index (Phi) is 3.41. The summed E-state index contributed by atoms with van der Waals surface area (Å²) in [6.07, 6.45) is 3.48. The van der Waals surface area contributed by atoms with Crippen LogP contribution in [0.1, 0.15) is 41.4 Å². The molecule has 0 spiro atoms. The Morgan fingerprint density at radius 2 is 1.96 bits per heavy atom. The molecule has 0 bridgehead atoms. The molecule has 130 valence electrons. The molecule has 3 fully saturated rings. The summed E-state index contributed by atoms with van der Waals surface area (Å²) in [5.41, 5.74) is 1.63. The Labute approximate surface area is 146 Å². The lowest BCUT2D eigenvalue weighted by Gasteiger charge is -2.20. The van der Waals surface area contributed by atoms with Gasteiger partial charge in [0.1, 0.15) is 0 Å². The summed E-state index contributed by atoms with van der Waals surface area (Å²) in [5, 5.41) is 4.06. The van der Waals surface area contributed by atoms with E-state index in [1.54, 1.807) is 0 Å². The van der Waals surface area contributed by atoms with Crippen molar-refractivity contribution in [2.45, 2.75) is 31.2 Å². The summed E-state index contributed by atoms with van der Waals surface area (Å²) in [6, 6.07) is 8.12. The predicted octanol–water partition coefficient (Wildman–Crippen LogP) is 2.39. The lowest BCUT2D eigenvalue weighted by molar-refractivity contribution is 0.0774. The zero-order valence-corrected chi connectivity index (χ0v) is 14.4. The number of carbonyl (C=O) groups is 1. The molecule has 6 heteroatoms. The minimum Gasteiger partial charge on any atom is -0.339 e. The van der Waals surface area contributed by atoms with E-state index in [4.69, 9.17) is 4.52 Å². The van der Waals surface area contributed by atoms with E-state index in [2.05, 4.69) is 22.1 Å². The van der Waals surface area contributed by atoms with Gasteiger partial charge in [-0.2, -0.15) is 4.98 Å². The van der Waals surface area contributed by atoms with Gasteiger partial charge in [-0.05, 0) is 50.9 Å². The third-order valence-corrected chi connectivity index (χ3v) is 5.87.